The normalized spacial score (nSPS) is 22.9. The molecule has 2 nitrogen and oxygen atoms in total. The number of hydrogen-bond donors (Lipinski definition) is 0. The Kier molecular flexibility index (Phi) is 5.85. The molecule has 0 aliphatic heterocycles. The van der Waals surface area contributed by atoms with Crippen molar-refractivity contribution in [2.75, 3.05) is 0 Å². The van der Waals surface area contributed by atoms with Crippen LogP contribution in [0.15, 0.2) is 42.5 Å². The Balaban J connectivity index is 1.75. The molecule has 2 rings (SSSR count). The molecule has 0 unspecified atom stereocenters. The molecule has 1 aliphatic rings. The zero-order valence-corrected chi connectivity index (χ0v) is 12.3. The van der Waals surface area contributed by atoms with Gasteiger partial charge in [-0.15, -0.1) is 0 Å². The van der Waals surface area contributed by atoms with Crippen LogP contribution in [-0.4, -0.2) is 5.97 Å². The van der Waals surface area contributed by atoms with Crippen molar-refractivity contribution in [2.24, 2.45) is 11.8 Å². The first-order valence-electron chi connectivity index (χ1n) is 7.73. The van der Waals surface area contributed by atoms with Crippen LogP contribution in [-0.2, 0) is 4.79 Å². The summed E-state index contributed by atoms with van der Waals surface area (Å²) in [5, 5.41) is 0. The molecular formula is C18H24O2. The number of rotatable bonds is 5. The zero-order valence-electron chi connectivity index (χ0n) is 12.3. The third kappa shape index (κ3) is 4.84. The van der Waals surface area contributed by atoms with Crippen LogP contribution in [0.5, 0.6) is 5.75 Å². The van der Waals surface area contributed by atoms with Gasteiger partial charge in [-0.3, -0.25) is 0 Å². The van der Waals surface area contributed by atoms with Gasteiger partial charge in [-0.05, 0) is 49.7 Å². The summed E-state index contributed by atoms with van der Waals surface area (Å²) in [6.07, 6.45) is 11.3. The monoisotopic (exact) mass is 272 g/mol. The van der Waals surface area contributed by atoms with Crippen LogP contribution in [0.25, 0.3) is 0 Å². The number of carbonyl (C=O) groups excluding carboxylic acids is 1. The fourth-order valence-electron chi connectivity index (χ4n) is 2.93. The van der Waals surface area contributed by atoms with Gasteiger partial charge in [0.15, 0.2) is 0 Å². The van der Waals surface area contributed by atoms with E-state index in [1.54, 1.807) is 18.2 Å². The van der Waals surface area contributed by atoms with Gasteiger partial charge in [-0.25, -0.2) is 4.79 Å². The Morgan fingerprint density at radius 2 is 1.90 bits per heavy atom. The fraction of sp³-hybridized carbons (Fsp3) is 0.500. The Labute approximate surface area is 121 Å². The van der Waals surface area contributed by atoms with Crippen LogP contribution < -0.4 is 4.74 Å². The number of esters is 1. The van der Waals surface area contributed by atoms with Crippen molar-refractivity contribution >= 4 is 5.97 Å². The van der Waals surface area contributed by atoms with Crippen molar-refractivity contribution in [1.82, 2.24) is 0 Å². The Hall–Kier alpha value is -1.57. The lowest BCUT2D eigenvalue weighted by Gasteiger charge is -2.26. The molecule has 0 heterocycles. The molecule has 1 aromatic carbocycles. The van der Waals surface area contributed by atoms with Gasteiger partial charge in [0.1, 0.15) is 5.75 Å². The molecule has 20 heavy (non-hydrogen) atoms. The van der Waals surface area contributed by atoms with E-state index in [9.17, 15) is 4.79 Å². The van der Waals surface area contributed by atoms with Gasteiger partial charge in [-0.2, -0.15) is 0 Å². The second-order valence-electron chi connectivity index (χ2n) is 5.66. The van der Waals surface area contributed by atoms with E-state index in [2.05, 4.69) is 6.92 Å². The van der Waals surface area contributed by atoms with Crippen molar-refractivity contribution in [3.63, 3.8) is 0 Å². The van der Waals surface area contributed by atoms with Crippen LogP contribution >= 0.6 is 0 Å². The summed E-state index contributed by atoms with van der Waals surface area (Å²) in [6, 6.07) is 9.22. The minimum absolute atomic E-state index is 0.271. The number of allylic oxidation sites excluding steroid dienone is 1. The fourth-order valence-corrected chi connectivity index (χ4v) is 2.93. The molecule has 2 heteroatoms. The summed E-state index contributed by atoms with van der Waals surface area (Å²) in [6.45, 7) is 2.26. The molecule has 108 valence electrons. The maximum atomic E-state index is 11.7. The SMILES string of the molecule is CCCC1CCC(C=CC(=O)Oc2ccccc2)CC1. The molecule has 1 saturated carbocycles. The van der Waals surface area contributed by atoms with Gasteiger partial charge in [0.2, 0.25) is 0 Å². The van der Waals surface area contributed by atoms with Crippen LogP contribution in [0.3, 0.4) is 0 Å². The number of carbonyl (C=O) groups is 1. The topological polar surface area (TPSA) is 26.3 Å². The molecule has 1 fully saturated rings. The van der Waals surface area contributed by atoms with Gasteiger partial charge < -0.3 is 4.74 Å². The van der Waals surface area contributed by atoms with E-state index in [1.165, 1.54) is 38.5 Å². The molecule has 0 amide bonds. The highest BCUT2D eigenvalue weighted by Gasteiger charge is 2.18. The molecule has 0 bridgehead atoms. The lowest BCUT2D eigenvalue weighted by molar-refractivity contribution is -0.129. The number of ether oxygens (including phenoxy) is 1. The summed E-state index contributed by atoms with van der Waals surface area (Å²) in [7, 11) is 0. The molecule has 0 saturated heterocycles. The third-order valence-corrected chi connectivity index (χ3v) is 4.05. The highest BCUT2D eigenvalue weighted by atomic mass is 16.5. The lowest BCUT2D eigenvalue weighted by atomic mass is 9.80. The standard InChI is InChI=1S/C18H24O2/c1-2-6-15-9-11-16(12-10-15)13-14-18(19)20-17-7-4-3-5-8-17/h3-5,7-8,13-16H,2,6,9-12H2,1H3. The zero-order chi connectivity index (χ0) is 14.2. The van der Waals surface area contributed by atoms with Gasteiger partial charge in [0, 0.05) is 6.08 Å². The average molecular weight is 272 g/mol. The quantitative estimate of drug-likeness (QED) is 0.439. The van der Waals surface area contributed by atoms with E-state index in [0.29, 0.717) is 11.7 Å². The molecule has 0 radical (unpaired) electrons. The van der Waals surface area contributed by atoms with Crippen molar-refractivity contribution in [2.45, 2.75) is 45.4 Å². The van der Waals surface area contributed by atoms with Crippen molar-refractivity contribution in [3.05, 3.63) is 42.5 Å². The third-order valence-electron chi connectivity index (χ3n) is 4.05. The van der Waals surface area contributed by atoms with E-state index >= 15 is 0 Å². The van der Waals surface area contributed by atoms with E-state index in [-0.39, 0.29) is 5.97 Å². The highest BCUT2D eigenvalue weighted by Crippen LogP contribution is 2.32. The van der Waals surface area contributed by atoms with Gasteiger partial charge in [0.05, 0.1) is 0 Å². The first kappa shape index (κ1) is 14.8. The largest absolute Gasteiger partial charge is 0.423 e. The van der Waals surface area contributed by atoms with E-state index in [1.807, 2.05) is 24.3 Å². The van der Waals surface area contributed by atoms with Crippen LogP contribution in [0.1, 0.15) is 45.4 Å². The van der Waals surface area contributed by atoms with Gasteiger partial charge in [-0.1, -0.05) is 44.0 Å². The Bertz CT molecular complexity index is 428. The van der Waals surface area contributed by atoms with Crippen molar-refractivity contribution < 1.29 is 9.53 Å². The summed E-state index contributed by atoms with van der Waals surface area (Å²) >= 11 is 0. The molecular weight excluding hydrogens is 248 g/mol. The van der Waals surface area contributed by atoms with Crippen LogP contribution in [0.2, 0.25) is 0 Å². The second kappa shape index (κ2) is 7.88. The summed E-state index contributed by atoms with van der Waals surface area (Å²) in [4.78, 5) is 11.7. The first-order valence-corrected chi connectivity index (χ1v) is 7.73. The summed E-state index contributed by atoms with van der Waals surface area (Å²) in [5.41, 5.74) is 0. The molecule has 1 aromatic rings. The van der Waals surface area contributed by atoms with Crippen LogP contribution in [0, 0.1) is 11.8 Å². The molecule has 0 spiro atoms. The molecule has 1 aliphatic carbocycles. The predicted octanol–water partition coefficient (Wildman–Crippen LogP) is 4.75. The summed E-state index contributed by atoms with van der Waals surface area (Å²) < 4.78 is 5.24. The Morgan fingerprint density at radius 3 is 2.55 bits per heavy atom. The smallest absolute Gasteiger partial charge is 0.335 e. The maximum absolute atomic E-state index is 11.7. The molecule has 0 N–H and O–H groups in total. The second-order valence-corrected chi connectivity index (χ2v) is 5.66. The summed E-state index contributed by atoms with van der Waals surface area (Å²) in [5.74, 6) is 1.79. The first-order chi connectivity index (χ1) is 9.78. The van der Waals surface area contributed by atoms with Crippen LogP contribution in [0.4, 0.5) is 0 Å². The van der Waals surface area contributed by atoms with Gasteiger partial charge in [0.25, 0.3) is 0 Å². The number of hydrogen-bond acceptors (Lipinski definition) is 2. The predicted molar refractivity (Wildman–Crippen MR) is 81.6 cm³/mol. The van der Waals surface area contributed by atoms with Gasteiger partial charge >= 0.3 is 5.97 Å². The van der Waals surface area contributed by atoms with Crippen molar-refractivity contribution in [1.29, 1.82) is 0 Å². The average Bonchev–Trinajstić information content (AvgIpc) is 2.48. The lowest BCUT2D eigenvalue weighted by Crippen LogP contribution is -2.13. The van der Waals surface area contributed by atoms with E-state index in [4.69, 9.17) is 4.74 Å². The number of para-hydroxylation sites is 1. The number of benzene rings is 1. The van der Waals surface area contributed by atoms with Crippen molar-refractivity contribution in [3.8, 4) is 5.75 Å². The van der Waals surface area contributed by atoms with E-state index < -0.39 is 0 Å². The highest BCUT2D eigenvalue weighted by molar-refractivity contribution is 5.84. The van der Waals surface area contributed by atoms with E-state index in [0.717, 1.165) is 5.92 Å². The Morgan fingerprint density at radius 1 is 1.20 bits per heavy atom. The maximum Gasteiger partial charge on any atom is 0.335 e. The molecule has 0 atom stereocenters. The molecule has 0 aromatic heterocycles. The minimum Gasteiger partial charge on any atom is -0.423 e. The minimum atomic E-state index is -0.271.